The van der Waals surface area contributed by atoms with E-state index in [1.165, 1.54) is 0 Å². The number of pyridine rings is 1. The van der Waals surface area contributed by atoms with E-state index in [0.29, 0.717) is 6.42 Å². The third kappa shape index (κ3) is 3.91. The monoisotopic (exact) mass is 282 g/mol. The molecule has 0 spiro atoms. The molecule has 1 aromatic carbocycles. The first-order chi connectivity index (χ1) is 9.88. The summed E-state index contributed by atoms with van der Waals surface area (Å²) in [6.45, 7) is 7.80. The van der Waals surface area contributed by atoms with Crippen molar-refractivity contribution in [2.24, 2.45) is 5.41 Å². The van der Waals surface area contributed by atoms with Crippen LogP contribution in [0.15, 0.2) is 42.6 Å². The molecule has 3 nitrogen and oxygen atoms in total. The van der Waals surface area contributed by atoms with Crippen LogP contribution in [0.2, 0.25) is 0 Å². The Balaban J connectivity index is 2.31. The minimum absolute atomic E-state index is 0.0235. The lowest BCUT2D eigenvalue weighted by atomic mass is 9.94. The Kier molecular flexibility index (Phi) is 4.41. The molecule has 1 amide bonds. The number of amides is 1. The number of nitrogens with one attached hydrogen (secondary N) is 1. The van der Waals surface area contributed by atoms with E-state index in [1.807, 2.05) is 51.1 Å². The molecule has 1 heterocycles. The van der Waals surface area contributed by atoms with Crippen LogP contribution < -0.4 is 5.32 Å². The zero-order chi connectivity index (χ0) is 15.5. The van der Waals surface area contributed by atoms with Crippen LogP contribution in [0.1, 0.15) is 37.6 Å². The first-order valence-corrected chi connectivity index (χ1v) is 7.18. The number of anilines is 1. The number of hydrogen-bond donors (Lipinski definition) is 1. The first-order valence-electron chi connectivity index (χ1n) is 7.18. The van der Waals surface area contributed by atoms with Crippen LogP contribution in [-0.4, -0.2) is 10.9 Å². The molecule has 0 atom stereocenters. The van der Waals surface area contributed by atoms with Gasteiger partial charge < -0.3 is 5.32 Å². The van der Waals surface area contributed by atoms with E-state index in [-0.39, 0.29) is 5.91 Å². The van der Waals surface area contributed by atoms with Gasteiger partial charge in [0.1, 0.15) is 0 Å². The summed E-state index contributed by atoms with van der Waals surface area (Å²) >= 11 is 0. The average molecular weight is 282 g/mol. The first kappa shape index (κ1) is 15.2. The second kappa shape index (κ2) is 6.08. The van der Waals surface area contributed by atoms with Crippen molar-refractivity contribution in [2.75, 3.05) is 5.32 Å². The summed E-state index contributed by atoms with van der Waals surface area (Å²) in [5.41, 5.74) is 3.74. The number of carbonyl (C=O) groups is 1. The SMILES string of the molecule is Cc1cccc(NC(=O)C(C)(C)C)c1Cc1ccccn1. The van der Waals surface area contributed by atoms with Crippen LogP contribution in [0.3, 0.4) is 0 Å². The highest BCUT2D eigenvalue weighted by molar-refractivity contribution is 5.95. The lowest BCUT2D eigenvalue weighted by molar-refractivity contribution is -0.123. The number of benzene rings is 1. The number of aromatic nitrogens is 1. The molecule has 2 rings (SSSR count). The van der Waals surface area contributed by atoms with E-state index in [9.17, 15) is 4.79 Å². The van der Waals surface area contributed by atoms with Gasteiger partial charge in [0.15, 0.2) is 0 Å². The van der Waals surface area contributed by atoms with Crippen molar-refractivity contribution in [3.8, 4) is 0 Å². The Morgan fingerprint density at radius 2 is 1.90 bits per heavy atom. The molecule has 3 heteroatoms. The van der Waals surface area contributed by atoms with Gasteiger partial charge in [-0.1, -0.05) is 39.0 Å². The van der Waals surface area contributed by atoms with E-state index in [1.54, 1.807) is 6.20 Å². The van der Waals surface area contributed by atoms with Gasteiger partial charge in [-0.2, -0.15) is 0 Å². The van der Waals surface area contributed by atoms with E-state index in [0.717, 1.165) is 22.5 Å². The van der Waals surface area contributed by atoms with Gasteiger partial charge in [0.2, 0.25) is 5.91 Å². The lowest BCUT2D eigenvalue weighted by Gasteiger charge is -2.20. The highest BCUT2D eigenvalue weighted by Gasteiger charge is 2.22. The minimum Gasteiger partial charge on any atom is -0.325 e. The topological polar surface area (TPSA) is 42.0 Å². The molecule has 2 aromatic rings. The zero-order valence-corrected chi connectivity index (χ0v) is 13.1. The fourth-order valence-electron chi connectivity index (χ4n) is 2.05. The van der Waals surface area contributed by atoms with Crippen molar-refractivity contribution in [3.05, 3.63) is 59.4 Å². The predicted octanol–water partition coefficient (Wildman–Crippen LogP) is 3.97. The van der Waals surface area contributed by atoms with Crippen molar-refractivity contribution in [1.29, 1.82) is 0 Å². The van der Waals surface area contributed by atoms with Gasteiger partial charge in [0.25, 0.3) is 0 Å². The fraction of sp³-hybridized carbons (Fsp3) is 0.333. The molecule has 0 saturated carbocycles. The summed E-state index contributed by atoms with van der Waals surface area (Å²) in [6, 6.07) is 11.9. The van der Waals surface area contributed by atoms with Crippen molar-refractivity contribution in [3.63, 3.8) is 0 Å². The molecule has 110 valence electrons. The highest BCUT2D eigenvalue weighted by Crippen LogP contribution is 2.25. The maximum absolute atomic E-state index is 12.2. The maximum atomic E-state index is 12.2. The molecule has 21 heavy (non-hydrogen) atoms. The Hall–Kier alpha value is -2.16. The molecular formula is C18H22N2O. The van der Waals surface area contributed by atoms with Gasteiger partial charge in [-0.25, -0.2) is 0 Å². The highest BCUT2D eigenvalue weighted by atomic mass is 16.2. The molecule has 0 saturated heterocycles. The summed E-state index contributed by atoms with van der Waals surface area (Å²) in [4.78, 5) is 16.6. The van der Waals surface area contributed by atoms with Gasteiger partial charge >= 0.3 is 0 Å². The molecule has 0 aliphatic carbocycles. The van der Waals surface area contributed by atoms with Crippen LogP contribution >= 0.6 is 0 Å². The Bertz CT molecular complexity index is 627. The number of hydrogen-bond acceptors (Lipinski definition) is 2. The van der Waals surface area contributed by atoms with Gasteiger partial charge in [-0.15, -0.1) is 0 Å². The maximum Gasteiger partial charge on any atom is 0.229 e. The van der Waals surface area contributed by atoms with Crippen molar-refractivity contribution < 1.29 is 4.79 Å². The van der Waals surface area contributed by atoms with Crippen LogP contribution in [0.25, 0.3) is 0 Å². The summed E-state index contributed by atoms with van der Waals surface area (Å²) in [5.74, 6) is 0.0235. The molecule has 0 aliphatic rings. The van der Waals surface area contributed by atoms with Crippen molar-refractivity contribution in [1.82, 2.24) is 4.98 Å². The second-order valence-corrected chi connectivity index (χ2v) is 6.30. The third-order valence-electron chi connectivity index (χ3n) is 3.42. The number of rotatable bonds is 3. The van der Waals surface area contributed by atoms with Gasteiger partial charge in [0, 0.05) is 29.4 Å². The normalized spacial score (nSPS) is 11.2. The minimum atomic E-state index is -0.411. The molecule has 0 bridgehead atoms. The quantitative estimate of drug-likeness (QED) is 0.925. The molecule has 1 N–H and O–H groups in total. The largest absolute Gasteiger partial charge is 0.325 e. The van der Waals surface area contributed by atoms with Gasteiger partial charge in [0.05, 0.1) is 0 Å². The fourth-order valence-corrected chi connectivity index (χ4v) is 2.05. The molecule has 0 aliphatic heterocycles. The van der Waals surface area contributed by atoms with Gasteiger partial charge in [-0.05, 0) is 36.2 Å². The summed E-state index contributed by atoms with van der Waals surface area (Å²) < 4.78 is 0. The van der Waals surface area contributed by atoms with Crippen LogP contribution in [0, 0.1) is 12.3 Å². The van der Waals surface area contributed by atoms with E-state index in [2.05, 4.69) is 23.3 Å². The molecule has 0 unspecified atom stereocenters. The van der Waals surface area contributed by atoms with Crippen LogP contribution in [-0.2, 0) is 11.2 Å². The number of aryl methyl sites for hydroxylation is 1. The van der Waals surface area contributed by atoms with Crippen molar-refractivity contribution >= 4 is 11.6 Å². The lowest BCUT2D eigenvalue weighted by Crippen LogP contribution is -2.28. The predicted molar refractivity (Wildman–Crippen MR) is 86.3 cm³/mol. The smallest absolute Gasteiger partial charge is 0.229 e. The average Bonchev–Trinajstić information content (AvgIpc) is 2.42. The van der Waals surface area contributed by atoms with E-state index >= 15 is 0 Å². The van der Waals surface area contributed by atoms with Crippen LogP contribution in [0.5, 0.6) is 0 Å². The number of carbonyl (C=O) groups excluding carboxylic acids is 1. The molecule has 0 radical (unpaired) electrons. The van der Waals surface area contributed by atoms with Crippen molar-refractivity contribution in [2.45, 2.75) is 34.1 Å². The third-order valence-corrected chi connectivity index (χ3v) is 3.42. The Morgan fingerprint density at radius 3 is 2.52 bits per heavy atom. The summed E-state index contributed by atoms with van der Waals surface area (Å²) in [5, 5.41) is 3.04. The van der Waals surface area contributed by atoms with E-state index in [4.69, 9.17) is 0 Å². The summed E-state index contributed by atoms with van der Waals surface area (Å²) in [7, 11) is 0. The molecule has 0 fully saturated rings. The summed E-state index contributed by atoms with van der Waals surface area (Å²) in [6.07, 6.45) is 2.51. The zero-order valence-electron chi connectivity index (χ0n) is 13.1. The standard InChI is InChI=1S/C18H22N2O/c1-13-8-7-10-16(20-17(21)18(2,3)4)15(13)12-14-9-5-6-11-19-14/h5-11H,12H2,1-4H3,(H,20,21). The number of nitrogens with zero attached hydrogens (tertiary/aromatic N) is 1. The van der Waals surface area contributed by atoms with Crippen LogP contribution in [0.4, 0.5) is 5.69 Å². The second-order valence-electron chi connectivity index (χ2n) is 6.30. The molecular weight excluding hydrogens is 260 g/mol. The Labute approximate surface area is 126 Å². The van der Waals surface area contributed by atoms with Gasteiger partial charge in [-0.3, -0.25) is 9.78 Å². The molecule has 1 aromatic heterocycles. The van der Waals surface area contributed by atoms with E-state index < -0.39 is 5.41 Å². The Morgan fingerprint density at radius 1 is 1.14 bits per heavy atom.